The first-order valence-electron chi connectivity index (χ1n) is 9.50. The minimum Gasteiger partial charge on any atom is -0.459 e. The third-order valence-electron chi connectivity index (χ3n) is 5.27. The van der Waals surface area contributed by atoms with Gasteiger partial charge in [-0.05, 0) is 63.8 Å². The summed E-state index contributed by atoms with van der Waals surface area (Å²) >= 11 is 0. The molecule has 1 saturated carbocycles. The molecule has 1 saturated heterocycles. The van der Waals surface area contributed by atoms with Crippen molar-refractivity contribution in [2.24, 2.45) is 17.8 Å². The summed E-state index contributed by atoms with van der Waals surface area (Å²) < 4.78 is 12.0. The van der Waals surface area contributed by atoms with E-state index in [1.165, 1.54) is 25.7 Å². The fourth-order valence-electron chi connectivity index (χ4n) is 3.50. The van der Waals surface area contributed by atoms with Gasteiger partial charge in [-0.3, -0.25) is 4.79 Å². The van der Waals surface area contributed by atoms with E-state index in [-0.39, 0.29) is 24.2 Å². The van der Waals surface area contributed by atoms with E-state index in [9.17, 15) is 4.79 Å². The highest BCUT2D eigenvalue weighted by Crippen LogP contribution is 2.33. The summed E-state index contributed by atoms with van der Waals surface area (Å²) in [7, 11) is 1.84. The van der Waals surface area contributed by atoms with Crippen LogP contribution in [-0.2, 0) is 14.3 Å². The molecule has 0 spiro atoms. The Labute approximate surface area is 141 Å². The average molecular weight is 325 g/mol. The number of likely N-dealkylation sites (N-methyl/N-ethyl adjacent to an activating group) is 1. The summed E-state index contributed by atoms with van der Waals surface area (Å²) in [5, 5.41) is 3.09. The van der Waals surface area contributed by atoms with Gasteiger partial charge in [0, 0.05) is 6.61 Å². The van der Waals surface area contributed by atoms with Gasteiger partial charge in [0.25, 0.3) is 0 Å². The van der Waals surface area contributed by atoms with Crippen molar-refractivity contribution in [3.05, 3.63) is 0 Å². The molecular weight excluding hydrogens is 290 g/mol. The maximum Gasteiger partial charge on any atom is 0.323 e. The van der Waals surface area contributed by atoms with Crippen LogP contribution >= 0.6 is 0 Å². The molecule has 134 valence electrons. The molecule has 0 radical (unpaired) electrons. The van der Waals surface area contributed by atoms with Gasteiger partial charge in [-0.2, -0.15) is 0 Å². The highest BCUT2D eigenvalue weighted by atomic mass is 16.6. The van der Waals surface area contributed by atoms with E-state index in [2.05, 4.69) is 19.2 Å². The molecule has 1 aliphatic carbocycles. The van der Waals surface area contributed by atoms with E-state index in [4.69, 9.17) is 9.47 Å². The Morgan fingerprint density at radius 2 is 2.00 bits per heavy atom. The third kappa shape index (κ3) is 6.07. The van der Waals surface area contributed by atoms with Gasteiger partial charge in [-0.15, -0.1) is 0 Å². The topological polar surface area (TPSA) is 47.6 Å². The fraction of sp³-hybridized carbons (Fsp3) is 0.947. The maximum absolute atomic E-state index is 12.3. The summed E-state index contributed by atoms with van der Waals surface area (Å²) in [5.41, 5.74) is 0. The molecule has 4 atom stereocenters. The summed E-state index contributed by atoms with van der Waals surface area (Å²) in [5.74, 6) is 1.81. The lowest BCUT2D eigenvalue weighted by molar-refractivity contribution is -0.161. The molecule has 4 heteroatoms. The molecule has 0 bridgehead atoms. The Morgan fingerprint density at radius 1 is 1.26 bits per heavy atom. The second-order valence-electron chi connectivity index (χ2n) is 7.89. The van der Waals surface area contributed by atoms with Gasteiger partial charge in [0.2, 0.25) is 0 Å². The number of cyclic esters (lactones) is 1. The number of esters is 1. The fourth-order valence-corrected chi connectivity index (χ4v) is 3.50. The van der Waals surface area contributed by atoms with E-state index < -0.39 is 0 Å². The highest BCUT2D eigenvalue weighted by Gasteiger charge is 2.35. The predicted octanol–water partition coefficient (Wildman–Crippen LogP) is 3.54. The molecule has 0 aromatic carbocycles. The van der Waals surface area contributed by atoms with Crippen LogP contribution in [0.1, 0.15) is 65.7 Å². The first-order chi connectivity index (χ1) is 11.0. The monoisotopic (exact) mass is 325 g/mol. The van der Waals surface area contributed by atoms with Gasteiger partial charge in [-0.25, -0.2) is 0 Å². The number of hydrogen-bond acceptors (Lipinski definition) is 4. The van der Waals surface area contributed by atoms with Crippen LogP contribution in [0.15, 0.2) is 0 Å². The number of hydrogen-bond donors (Lipinski definition) is 1. The number of carbonyl (C=O) groups excluding carboxylic acids is 1. The van der Waals surface area contributed by atoms with Crippen molar-refractivity contribution in [3.63, 3.8) is 0 Å². The molecule has 1 N–H and O–H groups in total. The molecule has 2 rings (SSSR count). The maximum atomic E-state index is 12.3. The van der Waals surface area contributed by atoms with Crippen molar-refractivity contribution in [2.45, 2.75) is 84.0 Å². The smallest absolute Gasteiger partial charge is 0.323 e. The van der Waals surface area contributed by atoms with Gasteiger partial charge in [0.1, 0.15) is 12.1 Å². The molecule has 0 aromatic heterocycles. The molecular formula is C19H35NO3. The lowest BCUT2D eigenvalue weighted by atomic mass is 9.86. The number of carbonyl (C=O) groups is 1. The van der Waals surface area contributed by atoms with E-state index in [1.807, 2.05) is 14.0 Å². The molecule has 2 fully saturated rings. The molecule has 2 aliphatic rings. The van der Waals surface area contributed by atoms with E-state index >= 15 is 0 Å². The second-order valence-corrected chi connectivity index (χ2v) is 7.89. The van der Waals surface area contributed by atoms with Gasteiger partial charge in [0.15, 0.2) is 0 Å². The highest BCUT2D eigenvalue weighted by molar-refractivity contribution is 5.75. The standard InChI is InChI=1S/C19H35NO3/c1-13(2)8-11-16-6-5-7-17(20-4)19(21)23-14(3)18(16)22-12-15-9-10-15/h13-18,20H,5-12H2,1-4H3/t14-,16+,17-,18-/m0/s1. The quantitative estimate of drug-likeness (QED) is 0.727. The van der Waals surface area contributed by atoms with E-state index in [0.717, 1.165) is 31.8 Å². The lowest BCUT2D eigenvalue weighted by Crippen LogP contribution is -2.41. The number of ether oxygens (including phenoxy) is 2. The zero-order valence-electron chi connectivity index (χ0n) is 15.3. The van der Waals surface area contributed by atoms with Crippen LogP contribution in [0.3, 0.4) is 0 Å². The van der Waals surface area contributed by atoms with Crippen molar-refractivity contribution in [2.75, 3.05) is 13.7 Å². The number of rotatable bonds is 7. The summed E-state index contributed by atoms with van der Waals surface area (Å²) in [6, 6.07) is -0.176. The van der Waals surface area contributed by atoms with E-state index in [0.29, 0.717) is 11.8 Å². The summed E-state index contributed by atoms with van der Waals surface area (Å²) in [4.78, 5) is 12.3. The minimum absolute atomic E-state index is 0.0499. The Bertz CT molecular complexity index is 368. The molecule has 4 nitrogen and oxygen atoms in total. The lowest BCUT2D eigenvalue weighted by Gasteiger charge is -2.31. The van der Waals surface area contributed by atoms with Crippen molar-refractivity contribution < 1.29 is 14.3 Å². The Balaban J connectivity index is 2.04. The van der Waals surface area contributed by atoms with Crippen LogP contribution in [0.5, 0.6) is 0 Å². The molecule has 1 heterocycles. The zero-order chi connectivity index (χ0) is 16.8. The number of nitrogens with one attached hydrogen (secondary N) is 1. The van der Waals surface area contributed by atoms with Crippen molar-refractivity contribution in [1.82, 2.24) is 5.32 Å². The second kappa shape index (κ2) is 9.03. The van der Waals surface area contributed by atoms with Gasteiger partial charge in [-0.1, -0.05) is 26.7 Å². The Morgan fingerprint density at radius 3 is 2.61 bits per heavy atom. The predicted molar refractivity (Wildman–Crippen MR) is 92.3 cm³/mol. The third-order valence-corrected chi connectivity index (χ3v) is 5.27. The van der Waals surface area contributed by atoms with Crippen LogP contribution in [0.4, 0.5) is 0 Å². The average Bonchev–Trinajstić information content (AvgIpc) is 3.31. The summed E-state index contributed by atoms with van der Waals surface area (Å²) in [6.07, 6.45) is 7.89. The minimum atomic E-state index is -0.176. The Kier molecular flexibility index (Phi) is 7.35. The molecule has 0 aromatic rings. The first kappa shape index (κ1) is 18.7. The first-order valence-corrected chi connectivity index (χ1v) is 9.50. The van der Waals surface area contributed by atoms with Crippen LogP contribution in [0, 0.1) is 17.8 Å². The molecule has 23 heavy (non-hydrogen) atoms. The molecule has 0 unspecified atom stereocenters. The van der Waals surface area contributed by atoms with Crippen LogP contribution < -0.4 is 5.32 Å². The zero-order valence-corrected chi connectivity index (χ0v) is 15.3. The van der Waals surface area contributed by atoms with Crippen LogP contribution in [0.2, 0.25) is 0 Å². The van der Waals surface area contributed by atoms with Gasteiger partial charge in [0.05, 0.1) is 6.10 Å². The van der Waals surface area contributed by atoms with Crippen LogP contribution in [-0.4, -0.2) is 37.9 Å². The van der Waals surface area contributed by atoms with Crippen molar-refractivity contribution in [3.8, 4) is 0 Å². The van der Waals surface area contributed by atoms with Crippen molar-refractivity contribution in [1.29, 1.82) is 0 Å². The van der Waals surface area contributed by atoms with Crippen molar-refractivity contribution >= 4 is 5.97 Å². The SMILES string of the molecule is CN[C@H]1CCC[C@H](CCC(C)C)[C@@H](OCC2CC2)[C@H](C)OC1=O. The van der Waals surface area contributed by atoms with Gasteiger partial charge < -0.3 is 14.8 Å². The Hall–Kier alpha value is -0.610. The normalized spacial score (nSPS) is 33.0. The van der Waals surface area contributed by atoms with Crippen LogP contribution in [0.25, 0.3) is 0 Å². The largest absolute Gasteiger partial charge is 0.459 e. The molecule has 0 amide bonds. The molecule has 1 aliphatic heterocycles. The van der Waals surface area contributed by atoms with Gasteiger partial charge >= 0.3 is 5.97 Å². The summed E-state index contributed by atoms with van der Waals surface area (Å²) in [6.45, 7) is 7.39. The van der Waals surface area contributed by atoms with E-state index in [1.54, 1.807) is 0 Å².